The van der Waals surface area contributed by atoms with Crippen LogP contribution in [0.25, 0.3) is 0 Å². The second-order valence-corrected chi connectivity index (χ2v) is 9.56. The van der Waals surface area contributed by atoms with E-state index in [2.05, 4.69) is 15.3 Å². The molecule has 0 aliphatic heterocycles. The van der Waals surface area contributed by atoms with Crippen molar-refractivity contribution < 1.29 is 17.9 Å². The lowest BCUT2D eigenvalue weighted by Gasteiger charge is -2.16. The van der Waals surface area contributed by atoms with Crippen molar-refractivity contribution in [2.75, 3.05) is 6.26 Å². The number of carbonyl (C=O) groups is 1. The van der Waals surface area contributed by atoms with Crippen LogP contribution in [0.3, 0.4) is 0 Å². The molecular formula is C21H23N3O4S. The summed E-state index contributed by atoms with van der Waals surface area (Å²) in [4.78, 5) is 21.8. The van der Waals surface area contributed by atoms with Gasteiger partial charge in [0.2, 0.25) is 5.88 Å². The van der Waals surface area contributed by atoms with E-state index in [0.29, 0.717) is 17.5 Å². The first kappa shape index (κ1) is 19.6. The zero-order chi connectivity index (χ0) is 20.4. The van der Waals surface area contributed by atoms with Crippen LogP contribution in [0.15, 0.2) is 48.0 Å². The highest BCUT2D eigenvalue weighted by Crippen LogP contribution is 2.39. The average molecular weight is 413 g/mol. The molecule has 1 heterocycles. The molecule has 0 bridgehead atoms. The molecule has 2 aromatic rings. The van der Waals surface area contributed by atoms with Crippen LogP contribution in [0, 0.1) is 5.92 Å². The quantitative estimate of drug-likeness (QED) is 0.714. The molecule has 1 N–H and O–H groups in total. The lowest BCUT2D eigenvalue weighted by Crippen LogP contribution is -2.35. The predicted molar refractivity (Wildman–Crippen MR) is 108 cm³/mol. The molecule has 7 nitrogen and oxygen atoms in total. The molecule has 1 aromatic carbocycles. The van der Waals surface area contributed by atoms with Gasteiger partial charge < -0.3 is 10.1 Å². The highest BCUT2D eigenvalue weighted by atomic mass is 32.2. The Bertz CT molecular complexity index is 1030. The van der Waals surface area contributed by atoms with E-state index in [1.54, 1.807) is 18.2 Å². The van der Waals surface area contributed by atoms with Crippen molar-refractivity contribution in [1.29, 1.82) is 0 Å². The van der Waals surface area contributed by atoms with Crippen molar-refractivity contribution in [1.82, 2.24) is 15.3 Å². The van der Waals surface area contributed by atoms with Crippen molar-refractivity contribution >= 4 is 15.7 Å². The molecule has 8 heteroatoms. The number of carbonyl (C=O) groups excluding carboxylic acids is 1. The average Bonchev–Trinajstić information content (AvgIpc) is 3.57. The molecule has 1 atom stereocenters. The van der Waals surface area contributed by atoms with Crippen molar-refractivity contribution in [2.45, 2.75) is 37.6 Å². The minimum atomic E-state index is -3.26. The molecule has 152 valence electrons. The first-order valence-corrected chi connectivity index (χ1v) is 11.6. The fourth-order valence-electron chi connectivity index (χ4n) is 2.99. The Hall–Kier alpha value is -2.74. The van der Waals surface area contributed by atoms with Gasteiger partial charge in [0.1, 0.15) is 17.1 Å². The van der Waals surface area contributed by atoms with E-state index < -0.39 is 9.84 Å². The SMILES string of the molecule is CS(=O)(=O)/C=C/C(NC(=O)c1cnc(C2CC2)nc1Oc1ccccc1)C1CC1. The molecule has 2 fully saturated rings. The summed E-state index contributed by atoms with van der Waals surface area (Å²) < 4.78 is 28.8. The molecule has 29 heavy (non-hydrogen) atoms. The molecule has 0 radical (unpaired) electrons. The van der Waals surface area contributed by atoms with Crippen LogP contribution in [0.2, 0.25) is 0 Å². The Morgan fingerprint density at radius 3 is 2.55 bits per heavy atom. The van der Waals surface area contributed by atoms with Crippen LogP contribution in [0.4, 0.5) is 0 Å². The number of ether oxygens (including phenoxy) is 1. The third-order valence-corrected chi connectivity index (χ3v) is 5.53. The highest BCUT2D eigenvalue weighted by Gasteiger charge is 2.33. The third-order valence-electron chi connectivity index (χ3n) is 4.88. The molecule has 1 unspecified atom stereocenters. The Morgan fingerprint density at radius 2 is 1.93 bits per heavy atom. The third kappa shape index (κ3) is 5.41. The van der Waals surface area contributed by atoms with Crippen LogP contribution in [-0.4, -0.2) is 36.6 Å². The van der Waals surface area contributed by atoms with E-state index >= 15 is 0 Å². The van der Waals surface area contributed by atoms with Gasteiger partial charge in [-0.15, -0.1) is 0 Å². The lowest BCUT2D eigenvalue weighted by molar-refractivity contribution is 0.0937. The standard InChI is InChI=1S/C21H23N3O4S/c1-29(26,27)12-11-18(14-7-8-14)23-20(25)17-13-22-19(15-9-10-15)24-21(17)28-16-5-3-2-4-6-16/h2-6,11-15,18H,7-10H2,1H3,(H,23,25)/b12-11+. The van der Waals surface area contributed by atoms with Crippen molar-refractivity contribution in [3.05, 3.63) is 59.4 Å². The minimum absolute atomic E-state index is 0.215. The zero-order valence-corrected chi connectivity index (χ0v) is 16.9. The topological polar surface area (TPSA) is 98.2 Å². The fraction of sp³-hybridized carbons (Fsp3) is 0.381. The first-order chi connectivity index (χ1) is 13.9. The van der Waals surface area contributed by atoms with Gasteiger partial charge in [0, 0.05) is 23.8 Å². The summed E-state index contributed by atoms with van der Waals surface area (Å²) in [6, 6.07) is 8.80. The van der Waals surface area contributed by atoms with Gasteiger partial charge in [-0.25, -0.2) is 13.4 Å². The van der Waals surface area contributed by atoms with Gasteiger partial charge in [0.25, 0.3) is 5.91 Å². The number of nitrogens with one attached hydrogen (secondary N) is 1. The number of hydrogen-bond donors (Lipinski definition) is 1. The Kier molecular flexibility index (Phi) is 5.36. The van der Waals surface area contributed by atoms with Crippen molar-refractivity contribution in [3.63, 3.8) is 0 Å². The maximum absolute atomic E-state index is 13.0. The number of nitrogens with zero attached hydrogens (tertiary/aromatic N) is 2. The Balaban J connectivity index is 1.58. The summed E-state index contributed by atoms with van der Waals surface area (Å²) in [6.07, 6.45) is 8.14. The van der Waals surface area contributed by atoms with Crippen molar-refractivity contribution in [3.8, 4) is 11.6 Å². The van der Waals surface area contributed by atoms with E-state index in [1.165, 1.54) is 6.20 Å². The molecular weight excluding hydrogens is 390 g/mol. The maximum Gasteiger partial charge on any atom is 0.258 e. The van der Waals surface area contributed by atoms with Crippen molar-refractivity contribution in [2.24, 2.45) is 5.92 Å². The summed E-state index contributed by atoms with van der Waals surface area (Å²) in [5.41, 5.74) is 0.233. The zero-order valence-electron chi connectivity index (χ0n) is 16.1. The summed E-state index contributed by atoms with van der Waals surface area (Å²) in [7, 11) is -3.26. The van der Waals surface area contributed by atoms with Crippen LogP contribution < -0.4 is 10.1 Å². The van der Waals surface area contributed by atoms with Crippen LogP contribution in [0.5, 0.6) is 11.6 Å². The molecule has 2 aliphatic rings. The van der Waals surface area contributed by atoms with E-state index in [1.807, 2.05) is 18.2 Å². The van der Waals surface area contributed by atoms with Gasteiger partial charge in [0.15, 0.2) is 9.84 Å². The highest BCUT2D eigenvalue weighted by molar-refractivity contribution is 7.93. The molecule has 1 amide bonds. The van der Waals surface area contributed by atoms with Gasteiger partial charge in [-0.1, -0.05) is 24.3 Å². The largest absolute Gasteiger partial charge is 0.438 e. The second kappa shape index (κ2) is 7.94. The number of amides is 1. The Labute approximate surface area is 170 Å². The Morgan fingerprint density at radius 1 is 1.21 bits per heavy atom. The fourth-order valence-corrected chi connectivity index (χ4v) is 3.44. The molecule has 1 aromatic heterocycles. The first-order valence-electron chi connectivity index (χ1n) is 9.68. The van der Waals surface area contributed by atoms with Crippen LogP contribution in [0.1, 0.15) is 47.8 Å². The summed E-state index contributed by atoms with van der Waals surface area (Å²) in [6.45, 7) is 0. The number of benzene rings is 1. The summed E-state index contributed by atoms with van der Waals surface area (Å²) in [5, 5.41) is 4.05. The summed E-state index contributed by atoms with van der Waals surface area (Å²) >= 11 is 0. The smallest absolute Gasteiger partial charge is 0.258 e. The molecule has 0 spiro atoms. The van der Waals surface area contributed by atoms with Crippen LogP contribution >= 0.6 is 0 Å². The number of aromatic nitrogens is 2. The van der Waals surface area contributed by atoms with Gasteiger partial charge in [-0.2, -0.15) is 4.98 Å². The van der Waals surface area contributed by atoms with Gasteiger partial charge >= 0.3 is 0 Å². The molecule has 2 aliphatic carbocycles. The van der Waals surface area contributed by atoms with E-state index in [0.717, 1.165) is 37.3 Å². The number of hydrogen-bond acceptors (Lipinski definition) is 6. The van der Waals surface area contributed by atoms with E-state index in [-0.39, 0.29) is 29.3 Å². The number of sulfone groups is 1. The maximum atomic E-state index is 13.0. The number of rotatable bonds is 8. The predicted octanol–water partition coefficient (Wildman–Crippen LogP) is 3.21. The van der Waals surface area contributed by atoms with Crippen LogP contribution in [-0.2, 0) is 9.84 Å². The summed E-state index contributed by atoms with van der Waals surface area (Å²) in [5.74, 6) is 1.66. The van der Waals surface area contributed by atoms with E-state index in [4.69, 9.17) is 4.74 Å². The minimum Gasteiger partial charge on any atom is -0.438 e. The molecule has 0 saturated heterocycles. The van der Waals surface area contributed by atoms with Gasteiger partial charge in [-0.3, -0.25) is 4.79 Å². The molecule has 4 rings (SSSR count). The lowest BCUT2D eigenvalue weighted by atomic mass is 10.1. The van der Waals surface area contributed by atoms with E-state index in [9.17, 15) is 13.2 Å². The molecule has 2 saturated carbocycles. The monoisotopic (exact) mass is 413 g/mol. The van der Waals surface area contributed by atoms with Gasteiger partial charge in [0.05, 0.1) is 6.04 Å². The second-order valence-electron chi connectivity index (χ2n) is 7.63. The van der Waals surface area contributed by atoms with Gasteiger partial charge in [-0.05, 0) is 43.7 Å². The normalized spacial score (nSPS) is 17.8. The number of para-hydroxylation sites is 1.